The first-order chi connectivity index (χ1) is 9.28. The molecular weight excluding hydrogens is 238 g/mol. The van der Waals surface area contributed by atoms with Gasteiger partial charge in [-0.1, -0.05) is 30.3 Å². The smallest absolute Gasteiger partial charge is 0.256 e. The minimum absolute atomic E-state index is 0.0657. The van der Waals surface area contributed by atoms with Gasteiger partial charge in [-0.05, 0) is 29.8 Å². The van der Waals surface area contributed by atoms with Gasteiger partial charge in [0.15, 0.2) is 0 Å². The van der Waals surface area contributed by atoms with Crippen molar-refractivity contribution in [3.05, 3.63) is 59.7 Å². The molecule has 0 aromatic heterocycles. The van der Waals surface area contributed by atoms with Crippen LogP contribution in [0.15, 0.2) is 48.5 Å². The first kappa shape index (κ1) is 11.5. The van der Waals surface area contributed by atoms with Crippen molar-refractivity contribution in [3.63, 3.8) is 0 Å². The summed E-state index contributed by atoms with van der Waals surface area (Å²) in [6.45, 7) is 0. The Labute approximate surface area is 111 Å². The number of methoxy groups -OCH3 is 1. The van der Waals surface area contributed by atoms with Crippen molar-refractivity contribution in [3.8, 4) is 5.75 Å². The predicted octanol–water partition coefficient (Wildman–Crippen LogP) is 3.19. The summed E-state index contributed by atoms with van der Waals surface area (Å²) >= 11 is 0. The van der Waals surface area contributed by atoms with Gasteiger partial charge < -0.3 is 10.1 Å². The van der Waals surface area contributed by atoms with E-state index in [-0.39, 0.29) is 5.91 Å². The van der Waals surface area contributed by atoms with Gasteiger partial charge >= 0.3 is 0 Å². The van der Waals surface area contributed by atoms with Gasteiger partial charge in [-0.25, -0.2) is 0 Å². The number of carbonyl (C=O) groups is 1. The van der Waals surface area contributed by atoms with E-state index in [2.05, 4.69) is 5.32 Å². The highest BCUT2D eigenvalue weighted by atomic mass is 16.5. The summed E-state index contributed by atoms with van der Waals surface area (Å²) < 4.78 is 5.19. The largest absolute Gasteiger partial charge is 0.497 e. The molecule has 1 N–H and O–H groups in total. The van der Waals surface area contributed by atoms with Crippen molar-refractivity contribution in [1.82, 2.24) is 0 Å². The van der Waals surface area contributed by atoms with Crippen LogP contribution in [-0.4, -0.2) is 13.0 Å². The monoisotopic (exact) mass is 251 g/mol. The molecule has 1 amide bonds. The molecule has 19 heavy (non-hydrogen) atoms. The van der Waals surface area contributed by atoms with Gasteiger partial charge in [0.25, 0.3) is 5.91 Å². The molecule has 1 aliphatic heterocycles. The van der Waals surface area contributed by atoms with Gasteiger partial charge in [-0.2, -0.15) is 0 Å². The van der Waals surface area contributed by atoms with E-state index in [0.717, 1.165) is 22.6 Å². The molecule has 1 aliphatic rings. The molecule has 3 rings (SSSR count). The number of nitrogens with one attached hydrogen (secondary N) is 1. The quantitative estimate of drug-likeness (QED) is 0.832. The highest BCUT2D eigenvalue weighted by molar-refractivity contribution is 6.34. The van der Waals surface area contributed by atoms with Gasteiger partial charge in [0.1, 0.15) is 5.75 Å². The molecule has 0 fully saturated rings. The molecule has 0 aliphatic carbocycles. The van der Waals surface area contributed by atoms with E-state index in [4.69, 9.17) is 4.74 Å². The highest BCUT2D eigenvalue weighted by Crippen LogP contribution is 2.32. The predicted molar refractivity (Wildman–Crippen MR) is 75.9 cm³/mol. The maximum Gasteiger partial charge on any atom is 0.256 e. The van der Waals surface area contributed by atoms with E-state index in [1.54, 1.807) is 7.11 Å². The standard InChI is InChI=1S/C16H13NO2/c1-19-12-6-4-5-11(9-12)10-14-13-7-2-3-8-15(13)17-16(14)18/h2-10H,1H3,(H,17,18). The van der Waals surface area contributed by atoms with Gasteiger partial charge in [-0.3, -0.25) is 4.79 Å². The molecule has 0 saturated carbocycles. The Morgan fingerprint density at radius 1 is 1.11 bits per heavy atom. The zero-order valence-corrected chi connectivity index (χ0v) is 10.5. The molecular formula is C16H13NO2. The lowest BCUT2D eigenvalue weighted by molar-refractivity contribution is -0.110. The summed E-state index contributed by atoms with van der Waals surface area (Å²) in [5.41, 5.74) is 3.43. The molecule has 0 bridgehead atoms. The average Bonchev–Trinajstić information content (AvgIpc) is 2.76. The molecule has 0 unspecified atom stereocenters. The summed E-state index contributed by atoms with van der Waals surface area (Å²) in [6.07, 6.45) is 1.88. The van der Waals surface area contributed by atoms with Crippen LogP contribution in [0.3, 0.4) is 0 Å². The third-order valence-corrected chi connectivity index (χ3v) is 3.11. The van der Waals surface area contributed by atoms with E-state index < -0.39 is 0 Å². The topological polar surface area (TPSA) is 38.3 Å². The second-order valence-corrected chi connectivity index (χ2v) is 4.33. The summed E-state index contributed by atoms with van der Waals surface area (Å²) in [6, 6.07) is 15.3. The van der Waals surface area contributed by atoms with Gasteiger partial charge in [0, 0.05) is 16.8 Å². The fourth-order valence-corrected chi connectivity index (χ4v) is 2.18. The lowest BCUT2D eigenvalue weighted by Crippen LogP contribution is -2.03. The number of para-hydroxylation sites is 1. The van der Waals surface area contributed by atoms with E-state index in [1.165, 1.54) is 0 Å². The van der Waals surface area contributed by atoms with Gasteiger partial charge in [-0.15, -0.1) is 0 Å². The van der Waals surface area contributed by atoms with Crippen molar-refractivity contribution in [2.45, 2.75) is 0 Å². The van der Waals surface area contributed by atoms with Crippen molar-refractivity contribution in [1.29, 1.82) is 0 Å². The Hall–Kier alpha value is -2.55. The molecule has 2 aromatic carbocycles. The van der Waals surface area contributed by atoms with Crippen LogP contribution in [0.4, 0.5) is 5.69 Å². The van der Waals surface area contributed by atoms with Gasteiger partial charge in [0.2, 0.25) is 0 Å². The number of amides is 1. The average molecular weight is 251 g/mol. The van der Waals surface area contributed by atoms with E-state index in [0.29, 0.717) is 5.57 Å². The Bertz CT molecular complexity index is 674. The molecule has 0 saturated heterocycles. The Kier molecular flexibility index (Phi) is 2.80. The van der Waals surface area contributed by atoms with E-state index >= 15 is 0 Å². The number of hydrogen-bond donors (Lipinski definition) is 1. The maximum atomic E-state index is 12.0. The third-order valence-electron chi connectivity index (χ3n) is 3.11. The fraction of sp³-hybridized carbons (Fsp3) is 0.0625. The molecule has 1 heterocycles. The SMILES string of the molecule is COc1cccc(C=C2C(=O)Nc3ccccc32)c1. The molecule has 2 aromatic rings. The van der Waals surface area contributed by atoms with E-state index in [1.807, 2.05) is 54.6 Å². The summed E-state index contributed by atoms with van der Waals surface area (Å²) in [7, 11) is 1.63. The normalized spacial score (nSPS) is 15.2. The first-order valence-electron chi connectivity index (χ1n) is 6.04. The number of ether oxygens (including phenoxy) is 1. The number of fused-ring (bicyclic) bond motifs is 1. The Balaban J connectivity index is 2.06. The minimum atomic E-state index is -0.0657. The van der Waals surface area contributed by atoms with Crippen molar-refractivity contribution >= 4 is 23.2 Å². The van der Waals surface area contributed by atoms with E-state index in [9.17, 15) is 4.79 Å². The minimum Gasteiger partial charge on any atom is -0.497 e. The first-order valence-corrected chi connectivity index (χ1v) is 6.04. The van der Waals surface area contributed by atoms with Crippen LogP contribution in [0.1, 0.15) is 11.1 Å². The molecule has 3 nitrogen and oxygen atoms in total. The Morgan fingerprint density at radius 2 is 1.95 bits per heavy atom. The van der Waals surface area contributed by atoms with Crippen molar-refractivity contribution in [2.75, 3.05) is 12.4 Å². The van der Waals surface area contributed by atoms with Gasteiger partial charge in [0.05, 0.1) is 7.11 Å². The summed E-state index contributed by atoms with van der Waals surface area (Å²) in [4.78, 5) is 12.0. The fourth-order valence-electron chi connectivity index (χ4n) is 2.18. The number of rotatable bonds is 2. The molecule has 94 valence electrons. The number of anilines is 1. The Morgan fingerprint density at radius 3 is 2.79 bits per heavy atom. The van der Waals surface area contributed by atoms with Crippen LogP contribution >= 0.6 is 0 Å². The maximum absolute atomic E-state index is 12.0. The van der Waals surface area contributed by atoms with Crippen molar-refractivity contribution < 1.29 is 9.53 Å². The second kappa shape index (κ2) is 4.61. The second-order valence-electron chi connectivity index (χ2n) is 4.33. The summed E-state index contributed by atoms with van der Waals surface area (Å²) in [5.74, 6) is 0.713. The van der Waals surface area contributed by atoms with Crippen LogP contribution in [0.2, 0.25) is 0 Å². The van der Waals surface area contributed by atoms with Crippen LogP contribution in [0, 0.1) is 0 Å². The van der Waals surface area contributed by atoms with Crippen molar-refractivity contribution in [2.24, 2.45) is 0 Å². The molecule has 0 atom stereocenters. The van der Waals surface area contributed by atoms with Crippen LogP contribution in [0.25, 0.3) is 11.6 Å². The number of carbonyl (C=O) groups excluding carboxylic acids is 1. The molecule has 0 radical (unpaired) electrons. The third kappa shape index (κ3) is 2.10. The molecule has 0 spiro atoms. The van der Waals surface area contributed by atoms with Crippen LogP contribution < -0.4 is 10.1 Å². The van der Waals surface area contributed by atoms with Crippen LogP contribution in [-0.2, 0) is 4.79 Å². The summed E-state index contributed by atoms with van der Waals surface area (Å²) in [5, 5.41) is 2.86. The zero-order valence-electron chi connectivity index (χ0n) is 10.5. The number of hydrogen-bond acceptors (Lipinski definition) is 2. The number of benzene rings is 2. The van der Waals surface area contributed by atoms with Crippen LogP contribution in [0.5, 0.6) is 5.75 Å². The lowest BCUT2D eigenvalue weighted by Gasteiger charge is -2.01. The molecule has 3 heteroatoms. The zero-order chi connectivity index (χ0) is 13.2. The highest BCUT2D eigenvalue weighted by Gasteiger charge is 2.23. The lowest BCUT2D eigenvalue weighted by atomic mass is 10.0.